The number of carbonyl (C=O) groups is 2. The number of likely N-dealkylation sites (tertiary alicyclic amines) is 1. The fourth-order valence-corrected chi connectivity index (χ4v) is 4.65. The summed E-state index contributed by atoms with van der Waals surface area (Å²) in [4.78, 5) is 24.0. The fourth-order valence-electron chi connectivity index (χ4n) is 4.65. The van der Waals surface area contributed by atoms with Gasteiger partial charge in [-0.1, -0.05) is 6.07 Å². The summed E-state index contributed by atoms with van der Waals surface area (Å²) in [6, 6.07) is 12.8. The molecule has 0 aliphatic carbocycles. The highest BCUT2D eigenvalue weighted by molar-refractivity contribution is 5.89. The molecule has 0 saturated carbocycles. The van der Waals surface area contributed by atoms with Gasteiger partial charge in [-0.2, -0.15) is 0 Å². The molecule has 172 valence electrons. The predicted molar refractivity (Wildman–Crippen MR) is 125 cm³/mol. The molecule has 33 heavy (non-hydrogen) atoms. The lowest BCUT2D eigenvalue weighted by Crippen LogP contribution is -2.27. The molecule has 0 spiro atoms. The number of hydrogen-bond donors (Lipinski definition) is 2. The van der Waals surface area contributed by atoms with Crippen LogP contribution in [0.5, 0.6) is 0 Å². The van der Waals surface area contributed by atoms with Crippen LogP contribution >= 0.6 is 0 Å². The number of anilines is 1. The zero-order chi connectivity index (χ0) is 23.5. The molecule has 2 fully saturated rings. The number of carboxylic acids is 2. The summed E-state index contributed by atoms with van der Waals surface area (Å²) in [6.45, 7) is 4.64. The number of hydrogen-bond acceptors (Lipinski definition) is 6. The summed E-state index contributed by atoms with van der Waals surface area (Å²) in [5, 5.41) is 25.9. The number of aromatic nitrogens is 3. The van der Waals surface area contributed by atoms with E-state index in [1.165, 1.54) is 24.0 Å². The van der Waals surface area contributed by atoms with Gasteiger partial charge in [0.05, 0.1) is 5.69 Å². The highest BCUT2D eigenvalue weighted by atomic mass is 16.4. The van der Waals surface area contributed by atoms with Crippen molar-refractivity contribution in [3.63, 3.8) is 0 Å². The van der Waals surface area contributed by atoms with E-state index in [1.54, 1.807) is 0 Å². The molecule has 2 saturated heterocycles. The van der Waals surface area contributed by atoms with Crippen LogP contribution in [0.4, 0.5) is 5.82 Å². The third-order valence-electron chi connectivity index (χ3n) is 6.19. The van der Waals surface area contributed by atoms with Gasteiger partial charge in [-0.3, -0.25) is 0 Å². The van der Waals surface area contributed by atoms with E-state index < -0.39 is 11.9 Å². The number of benzene rings is 1. The van der Waals surface area contributed by atoms with Crippen LogP contribution in [0.1, 0.15) is 0 Å². The quantitative estimate of drug-likeness (QED) is 0.584. The van der Waals surface area contributed by atoms with Gasteiger partial charge in [0.25, 0.3) is 0 Å². The molecule has 0 radical (unpaired) electrons. The Morgan fingerprint density at radius 2 is 1.58 bits per heavy atom. The minimum absolute atomic E-state index is 0.558. The first kappa shape index (κ1) is 22.5. The summed E-state index contributed by atoms with van der Waals surface area (Å²) < 4.78 is 2.13. The Morgan fingerprint density at radius 1 is 0.909 bits per heavy atom. The molecule has 0 amide bonds. The van der Waals surface area contributed by atoms with Gasteiger partial charge in [0.2, 0.25) is 0 Å². The Hall–Kier alpha value is -3.72. The van der Waals surface area contributed by atoms with E-state index in [1.807, 2.05) is 0 Å². The largest absolute Gasteiger partial charge is 0.478 e. The van der Waals surface area contributed by atoms with Gasteiger partial charge in [-0.05, 0) is 49.2 Å². The highest BCUT2D eigenvalue weighted by Gasteiger charge is 2.39. The van der Waals surface area contributed by atoms with Crippen molar-refractivity contribution in [3.05, 3.63) is 54.7 Å². The first-order valence-corrected chi connectivity index (χ1v) is 10.8. The van der Waals surface area contributed by atoms with Crippen molar-refractivity contribution in [2.75, 3.05) is 38.1 Å². The monoisotopic (exact) mass is 449 g/mol. The van der Waals surface area contributed by atoms with Crippen molar-refractivity contribution in [1.29, 1.82) is 0 Å². The molecule has 2 aliphatic rings. The molecule has 3 aromatic rings. The number of aryl methyl sites for hydroxylation is 1. The number of carboxylic acid groups (broad SMARTS) is 2. The smallest absolute Gasteiger partial charge is 0.328 e. The minimum Gasteiger partial charge on any atom is -0.478 e. The number of aliphatic carboxylic acids is 2. The van der Waals surface area contributed by atoms with Crippen molar-refractivity contribution < 1.29 is 19.8 Å². The minimum atomic E-state index is -1.26. The van der Waals surface area contributed by atoms with E-state index in [9.17, 15) is 9.59 Å². The highest BCUT2D eigenvalue weighted by Crippen LogP contribution is 2.32. The topological polar surface area (TPSA) is 112 Å². The number of rotatable bonds is 4. The van der Waals surface area contributed by atoms with Crippen LogP contribution in [0, 0.1) is 11.8 Å². The second kappa shape index (κ2) is 9.41. The Labute approximate surface area is 191 Å². The standard InChI is InChI=1S/C20H23N5.C4H4O4/c1-23-10-16-12-25(13-17(16)11-23)20-6-4-18(21-22-20)14-3-5-19-15(9-14)7-8-24(19)2;5-3(6)1-2-4(7)8/h3-9,16-17H,10-13H2,1-2H3;1-2H,(H,5,6)(H,7,8). The van der Waals surface area contributed by atoms with E-state index in [4.69, 9.17) is 10.2 Å². The molecule has 4 heterocycles. The normalized spacial score (nSPS) is 20.1. The van der Waals surface area contributed by atoms with Crippen LogP contribution in [0.15, 0.2) is 54.7 Å². The molecule has 9 heteroatoms. The van der Waals surface area contributed by atoms with Crippen molar-refractivity contribution in [2.45, 2.75) is 0 Å². The molecule has 2 atom stereocenters. The molecule has 2 N–H and O–H groups in total. The molecule has 2 unspecified atom stereocenters. The van der Waals surface area contributed by atoms with Crippen LogP contribution in [-0.4, -0.2) is 75.0 Å². The lowest BCUT2D eigenvalue weighted by atomic mass is 10.0. The maximum Gasteiger partial charge on any atom is 0.328 e. The lowest BCUT2D eigenvalue weighted by molar-refractivity contribution is -0.134. The molecule has 2 aromatic heterocycles. The van der Waals surface area contributed by atoms with E-state index in [-0.39, 0.29) is 0 Å². The average Bonchev–Trinajstić information content (AvgIpc) is 3.45. The van der Waals surface area contributed by atoms with Crippen molar-refractivity contribution in [1.82, 2.24) is 19.7 Å². The molecular weight excluding hydrogens is 422 g/mol. The maximum atomic E-state index is 9.55. The molecule has 2 aliphatic heterocycles. The third kappa shape index (κ3) is 5.20. The van der Waals surface area contributed by atoms with Crippen LogP contribution in [0.25, 0.3) is 22.2 Å². The van der Waals surface area contributed by atoms with Crippen LogP contribution in [-0.2, 0) is 16.6 Å². The zero-order valence-corrected chi connectivity index (χ0v) is 18.6. The predicted octanol–water partition coefficient (Wildman–Crippen LogP) is 2.34. The van der Waals surface area contributed by atoms with Gasteiger partial charge < -0.3 is 24.6 Å². The Morgan fingerprint density at radius 3 is 2.15 bits per heavy atom. The molecule has 1 aromatic carbocycles. The summed E-state index contributed by atoms with van der Waals surface area (Å²) in [5.74, 6) is 0.0697. The van der Waals surface area contributed by atoms with Gasteiger partial charge in [-0.15, -0.1) is 10.2 Å². The van der Waals surface area contributed by atoms with E-state index in [2.05, 4.69) is 81.3 Å². The Bertz CT molecular complexity index is 1160. The fraction of sp³-hybridized carbons (Fsp3) is 0.333. The molecule has 9 nitrogen and oxygen atoms in total. The zero-order valence-electron chi connectivity index (χ0n) is 18.6. The average molecular weight is 450 g/mol. The Balaban J connectivity index is 0.000000281. The molecule has 5 rings (SSSR count). The second-order valence-corrected chi connectivity index (χ2v) is 8.63. The summed E-state index contributed by atoms with van der Waals surface area (Å²) in [5.41, 5.74) is 3.30. The van der Waals surface area contributed by atoms with Gasteiger partial charge in [-0.25, -0.2) is 9.59 Å². The van der Waals surface area contributed by atoms with Gasteiger partial charge in [0.15, 0.2) is 5.82 Å². The number of nitrogens with zero attached hydrogens (tertiary/aromatic N) is 5. The van der Waals surface area contributed by atoms with Gasteiger partial charge in [0, 0.05) is 68.0 Å². The summed E-state index contributed by atoms with van der Waals surface area (Å²) in [7, 11) is 4.29. The van der Waals surface area contributed by atoms with E-state index in [0.29, 0.717) is 12.2 Å². The first-order valence-electron chi connectivity index (χ1n) is 10.8. The second-order valence-electron chi connectivity index (χ2n) is 8.63. The Kier molecular flexibility index (Phi) is 6.41. The van der Waals surface area contributed by atoms with Crippen LogP contribution in [0.3, 0.4) is 0 Å². The van der Waals surface area contributed by atoms with Gasteiger partial charge >= 0.3 is 11.9 Å². The van der Waals surface area contributed by atoms with Crippen molar-refractivity contribution >= 4 is 28.7 Å². The van der Waals surface area contributed by atoms with Crippen molar-refractivity contribution in [2.24, 2.45) is 18.9 Å². The van der Waals surface area contributed by atoms with Crippen molar-refractivity contribution in [3.8, 4) is 11.3 Å². The molecule has 0 bridgehead atoms. The van der Waals surface area contributed by atoms with Crippen LogP contribution in [0.2, 0.25) is 0 Å². The molecular formula is C24H27N5O4. The third-order valence-corrected chi connectivity index (χ3v) is 6.19. The number of fused-ring (bicyclic) bond motifs is 2. The SMILES string of the molecule is CN1CC2CN(c3ccc(-c4ccc5c(ccn5C)c4)nn3)CC2C1.O=C(O)C=CC(=O)O. The van der Waals surface area contributed by atoms with E-state index >= 15 is 0 Å². The summed E-state index contributed by atoms with van der Waals surface area (Å²) in [6.07, 6.45) is 3.20. The first-order chi connectivity index (χ1) is 15.8. The maximum absolute atomic E-state index is 9.55. The summed E-state index contributed by atoms with van der Waals surface area (Å²) >= 11 is 0. The lowest BCUT2D eigenvalue weighted by Gasteiger charge is -2.19. The van der Waals surface area contributed by atoms with Crippen LogP contribution < -0.4 is 4.90 Å². The van der Waals surface area contributed by atoms with E-state index in [0.717, 1.165) is 42.0 Å². The van der Waals surface area contributed by atoms with Gasteiger partial charge in [0.1, 0.15) is 0 Å².